The van der Waals surface area contributed by atoms with Crippen molar-refractivity contribution in [2.24, 2.45) is 9.98 Å². The summed E-state index contributed by atoms with van der Waals surface area (Å²) in [5.41, 5.74) is 4.00. The second-order valence-electron chi connectivity index (χ2n) is 5.57. The molecule has 4 heteroatoms. The van der Waals surface area contributed by atoms with Crippen molar-refractivity contribution >= 4 is 23.2 Å². The van der Waals surface area contributed by atoms with Gasteiger partial charge in [-0.15, -0.1) is 0 Å². The van der Waals surface area contributed by atoms with Crippen LogP contribution in [-0.2, 0) is 0 Å². The van der Waals surface area contributed by atoms with Crippen LogP contribution >= 0.6 is 0 Å². The monoisotopic (exact) mass is 312 g/mol. The SMILES string of the molecule is Cc1cccc(/N=C2\N=C(Nc3ccccc3)c3ccccc32)n1. The summed E-state index contributed by atoms with van der Waals surface area (Å²) in [4.78, 5) is 13.8. The van der Waals surface area contributed by atoms with Crippen LogP contribution in [0.2, 0.25) is 0 Å². The summed E-state index contributed by atoms with van der Waals surface area (Å²) >= 11 is 0. The first-order chi connectivity index (χ1) is 11.8. The topological polar surface area (TPSA) is 49.6 Å². The Morgan fingerprint density at radius 2 is 1.54 bits per heavy atom. The molecule has 0 fully saturated rings. The van der Waals surface area contributed by atoms with Gasteiger partial charge in [0.25, 0.3) is 0 Å². The second-order valence-corrected chi connectivity index (χ2v) is 5.57. The Morgan fingerprint density at radius 1 is 0.792 bits per heavy atom. The third kappa shape index (κ3) is 2.82. The van der Waals surface area contributed by atoms with Gasteiger partial charge in [0, 0.05) is 22.5 Å². The van der Waals surface area contributed by atoms with Gasteiger partial charge in [-0.25, -0.2) is 15.0 Å². The van der Waals surface area contributed by atoms with Gasteiger partial charge in [-0.3, -0.25) is 0 Å². The molecule has 2 heterocycles. The number of benzene rings is 2. The summed E-state index contributed by atoms with van der Waals surface area (Å²) < 4.78 is 0. The van der Waals surface area contributed by atoms with E-state index in [2.05, 4.69) is 21.4 Å². The molecule has 3 aromatic rings. The molecule has 24 heavy (non-hydrogen) atoms. The van der Waals surface area contributed by atoms with Crippen molar-refractivity contribution in [3.8, 4) is 0 Å². The fourth-order valence-electron chi connectivity index (χ4n) is 2.65. The molecule has 4 rings (SSSR count). The van der Waals surface area contributed by atoms with Crippen molar-refractivity contribution < 1.29 is 0 Å². The number of rotatable bonds is 2. The van der Waals surface area contributed by atoms with E-state index in [9.17, 15) is 0 Å². The maximum Gasteiger partial charge on any atom is 0.164 e. The Bertz CT molecular complexity index is 943. The van der Waals surface area contributed by atoms with Crippen LogP contribution in [0.1, 0.15) is 16.8 Å². The Labute approximate surface area is 140 Å². The number of aromatic nitrogens is 1. The van der Waals surface area contributed by atoms with Crippen LogP contribution in [0.4, 0.5) is 11.5 Å². The van der Waals surface area contributed by atoms with Crippen LogP contribution in [0, 0.1) is 6.92 Å². The van der Waals surface area contributed by atoms with E-state index in [4.69, 9.17) is 4.99 Å². The smallest absolute Gasteiger partial charge is 0.164 e. The lowest BCUT2D eigenvalue weighted by atomic mass is 10.1. The third-order valence-electron chi connectivity index (χ3n) is 3.77. The lowest BCUT2D eigenvalue weighted by molar-refractivity contribution is 1.18. The van der Waals surface area contributed by atoms with Crippen LogP contribution in [0.15, 0.2) is 82.8 Å². The predicted octanol–water partition coefficient (Wildman–Crippen LogP) is 4.34. The number of anilines is 1. The zero-order valence-corrected chi connectivity index (χ0v) is 13.3. The van der Waals surface area contributed by atoms with Crippen LogP contribution in [0.5, 0.6) is 0 Å². The molecule has 0 aliphatic carbocycles. The highest BCUT2D eigenvalue weighted by atomic mass is 15.1. The quantitative estimate of drug-likeness (QED) is 0.765. The van der Waals surface area contributed by atoms with Gasteiger partial charge in [-0.2, -0.15) is 0 Å². The highest BCUT2D eigenvalue weighted by molar-refractivity contribution is 6.26. The van der Waals surface area contributed by atoms with Crippen molar-refractivity contribution in [2.45, 2.75) is 6.92 Å². The van der Waals surface area contributed by atoms with E-state index in [1.165, 1.54) is 0 Å². The molecular formula is C20H16N4. The molecule has 0 atom stereocenters. The number of pyridine rings is 1. The van der Waals surface area contributed by atoms with E-state index in [0.29, 0.717) is 11.7 Å². The lowest BCUT2D eigenvalue weighted by Gasteiger charge is -2.06. The molecule has 116 valence electrons. The number of fused-ring (bicyclic) bond motifs is 1. The van der Waals surface area contributed by atoms with Gasteiger partial charge < -0.3 is 5.32 Å². The molecule has 4 nitrogen and oxygen atoms in total. The van der Waals surface area contributed by atoms with Crippen molar-refractivity contribution in [1.82, 2.24) is 4.98 Å². The lowest BCUT2D eigenvalue weighted by Crippen LogP contribution is -2.11. The molecule has 0 saturated heterocycles. The normalized spacial score (nSPS) is 14.4. The Morgan fingerprint density at radius 3 is 2.33 bits per heavy atom. The number of para-hydroxylation sites is 1. The first kappa shape index (κ1) is 14.3. The van der Waals surface area contributed by atoms with E-state index >= 15 is 0 Å². The fraction of sp³-hybridized carbons (Fsp3) is 0.0500. The van der Waals surface area contributed by atoms with Gasteiger partial charge in [0.15, 0.2) is 11.7 Å². The molecule has 0 bridgehead atoms. The Balaban J connectivity index is 1.75. The summed E-state index contributed by atoms with van der Waals surface area (Å²) in [6.07, 6.45) is 0. The number of nitrogens with zero attached hydrogens (tertiary/aromatic N) is 3. The summed E-state index contributed by atoms with van der Waals surface area (Å²) in [5, 5.41) is 3.37. The first-order valence-electron chi connectivity index (χ1n) is 7.82. The van der Waals surface area contributed by atoms with Crippen LogP contribution < -0.4 is 5.32 Å². The predicted molar refractivity (Wildman–Crippen MR) is 98.2 cm³/mol. The molecule has 2 aromatic carbocycles. The van der Waals surface area contributed by atoms with Gasteiger partial charge in [0.2, 0.25) is 0 Å². The highest BCUT2D eigenvalue weighted by Crippen LogP contribution is 2.23. The molecule has 0 radical (unpaired) electrons. The molecule has 0 amide bonds. The average molecular weight is 312 g/mol. The number of amidine groups is 2. The van der Waals surface area contributed by atoms with E-state index in [0.717, 1.165) is 28.3 Å². The first-order valence-corrected chi connectivity index (χ1v) is 7.82. The standard InChI is InChI=1S/C20H16N4/c1-14-8-7-13-18(21-14)23-20-17-12-6-5-11-16(17)19(24-20)22-15-9-3-2-4-10-15/h2-13H,1H3,(H,21,22,23,24). The Hall–Kier alpha value is -3.27. The number of nitrogens with one attached hydrogen (secondary N) is 1. The zero-order valence-electron chi connectivity index (χ0n) is 13.3. The van der Waals surface area contributed by atoms with E-state index in [-0.39, 0.29) is 0 Å². The van der Waals surface area contributed by atoms with Crippen molar-refractivity contribution in [3.05, 3.63) is 89.6 Å². The van der Waals surface area contributed by atoms with Gasteiger partial charge in [-0.1, -0.05) is 48.5 Å². The summed E-state index contributed by atoms with van der Waals surface area (Å²) in [7, 11) is 0. The number of hydrogen-bond donors (Lipinski definition) is 1. The average Bonchev–Trinajstić information content (AvgIpc) is 2.94. The Kier molecular flexibility index (Phi) is 3.63. The van der Waals surface area contributed by atoms with Gasteiger partial charge in [-0.05, 0) is 31.2 Å². The number of hydrogen-bond acceptors (Lipinski definition) is 3. The third-order valence-corrected chi connectivity index (χ3v) is 3.77. The van der Waals surface area contributed by atoms with Crippen molar-refractivity contribution in [2.75, 3.05) is 5.32 Å². The molecular weight excluding hydrogens is 296 g/mol. The second kappa shape index (κ2) is 6.08. The molecule has 0 saturated carbocycles. The minimum Gasteiger partial charge on any atom is -0.340 e. The zero-order chi connectivity index (χ0) is 16.4. The molecule has 1 aliphatic rings. The number of aryl methyl sites for hydroxylation is 1. The van der Waals surface area contributed by atoms with E-state index in [1.807, 2.05) is 73.7 Å². The highest BCUT2D eigenvalue weighted by Gasteiger charge is 2.21. The van der Waals surface area contributed by atoms with Crippen molar-refractivity contribution in [1.29, 1.82) is 0 Å². The van der Waals surface area contributed by atoms with Gasteiger partial charge >= 0.3 is 0 Å². The fourth-order valence-corrected chi connectivity index (χ4v) is 2.65. The van der Waals surface area contributed by atoms with E-state index in [1.54, 1.807) is 0 Å². The van der Waals surface area contributed by atoms with Crippen LogP contribution in [0.3, 0.4) is 0 Å². The molecule has 0 unspecified atom stereocenters. The van der Waals surface area contributed by atoms with E-state index < -0.39 is 0 Å². The van der Waals surface area contributed by atoms with Gasteiger partial charge in [0.05, 0.1) is 0 Å². The largest absolute Gasteiger partial charge is 0.340 e. The summed E-state index contributed by atoms with van der Waals surface area (Å²) in [6.45, 7) is 1.96. The van der Waals surface area contributed by atoms with Crippen molar-refractivity contribution in [3.63, 3.8) is 0 Å². The maximum absolute atomic E-state index is 4.69. The van der Waals surface area contributed by atoms with Crippen LogP contribution in [-0.4, -0.2) is 16.7 Å². The van der Waals surface area contributed by atoms with Crippen LogP contribution in [0.25, 0.3) is 0 Å². The molecule has 0 spiro atoms. The minimum atomic E-state index is 0.671. The summed E-state index contributed by atoms with van der Waals surface area (Å²) in [5.74, 6) is 2.16. The molecule has 1 aliphatic heterocycles. The summed E-state index contributed by atoms with van der Waals surface area (Å²) in [6, 6.07) is 23.9. The molecule has 1 aromatic heterocycles. The molecule has 1 N–H and O–H groups in total. The number of aliphatic imine (C=N–C) groups is 2. The van der Waals surface area contributed by atoms with Gasteiger partial charge in [0.1, 0.15) is 5.84 Å². The minimum absolute atomic E-state index is 0.671. The maximum atomic E-state index is 4.69.